The molecule has 32 heavy (non-hydrogen) atoms. The van der Waals surface area contributed by atoms with Gasteiger partial charge >= 0.3 is 6.09 Å². The Morgan fingerprint density at radius 2 is 1.94 bits per heavy atom. The fourth-order valence-corrected chi connectivity index (χ4v) is 4.94. The number of nitrogens with one attached hydrogen (secondary N) is 1. The standard InChI is InChI=1S/C22H27ClFN3O5/c1-21(2,3)32-20(30)26-10-15-16(11-26)17(15)27-5-4-22(31,19(27)29)18(28)25-9-12-6-13(23)8-14(24)7-12/h6-8,15-17,31H,4-5,9-11H2,1-3H3,(H,25,28)/t15-,16+,17?,22?. The molecule has 0 radical (unpaired) electrons. The largest absolute Gasteiger partial charge is 0.444 e. The zero-order valence-corrected chi connectivity index (χ0v) is 19.0. The van der Waals surface area contributed by atoms with Crippen LogP contribution in [0.3, 0.4) is 0 Å². The van der Waals surface area contributed by atoms with Crippen molar-refractivity contribution in [2.45, 2.75) is 51.0 Å². The van der Waals surface area contributed by atoms with Crippen LogP contribution in [0.25, 0.3) is 0 Å². The van der Waals surface area contributed by atoms with Gasteiger partial charge in [-0.3, -0.25) is 9.59 Å². The summed E-state index contributed by atoms with van der Waals surface area (Å²) in [5.41, 5.74) is -2.30. The maximum absolute atomic E-state index is 13.5. The van der Waals surface area contributed by atoms with Gasteiger partial charge < -0.3 is 25.0 Å². The maximum Gasteiger partial charge on any atom is 0.410 e. The van der Waals surface area contributed by atoms with E-state index in [-0.39, 0.29) is 48.5 Å². The highest BCUT2D eigenvalue weighted by Crippen LogP contribution is 2.51. The highest BCUT2D eigenvalue weighted by molar-refractivity contribution is 6.30. The quantitative estimate of drug-likeness (QED) is 0.659. The first kappa shape index (κ1) is 22.8. The SMILES string of the molecule is CC(C)(C)OC(=O)N1C[C@@H]2C(N3CCC(O)(C(=O)NCc4cc(F)cc(Cl)c4)C3=O)[C@@H]2C1. The third-order valence-corrected chi connectivity index (χ3v) is 6.46. The molecular weight excluding hydrogens is 441 g/mol. The summed E-state index contributed by atoms with van der Waals surface area (Å²) < 4.78 is 18.9. The number of rotatable bonds is 4. The number of carbonyl (C=O) groups excluding carboxylic acids is 3. The topological polar surface area (TPSA) is 99.2 Å². The lowest BCUT2D eigenvalue weighted by molar-refractivity contribution is -0.154. The second-order valence-electron chi connectivity index (χ2n) is 9.77. The minimum Gasteiger partial charge on any atom is -0.444 e. The number of likely N-dealkylation sites (tertiary alicyclic amines) is 2. The van der Waals surface area contributed by atoms with Crippen LogP contribution in [0.5, 0.6) is 0 Å². The number of piperidine rings is 1. The molecule has 174 valence electrons. The van der Waals surface area contributed by atoms with Gasteiger partial charge in [0.2, 0.25) is 5.60 Å². The van der Waals surface area contributed by atoms with Crippen LogP contribution in [0.15, 0.2) is 18.2 Å². The predicted octanol–water partition coefficient (Wildman–Crippen LogP) is 1.92. The van der Waals surface area contributed by atoms with E-state index in [0.29, 0.717) is 18.7 Å². The summed E-state index contributed by atoms with van der Waals surface area (Å²) >= 11 is 5.82. The number of carbonyl (C=O) groups is 3. The van der Waals surface area contributed by atoms with Crippen LogP contribution < -0.4 is 5.32 Å². The summed E-state index contributed by atoms with van der Waals surface area (Å²) in [6, 6.07) is 3.78. The van der Waals surface area contributed by atoms with E-state index in [2.05, 4.69) is 5.32 Å². The molecule has 0 bridgehead atoms. The molecule has 0 aromatic heterocycles. The van der Waals surface area contributed by atoms with Crippen LogP contribution in [0.4, 0.5) is 9.18 Å². The third-order valence-electron chi connectivity index (χ3n) is 6.24. The van der Waals surface area contributed by atoms with Gasteiger partial charge in [-0.25, -0.2) is 9.18 Å². The predicted molar refractivity (Wildman–Crippen MR) is 113 cm³/mol. The van der Waals surface area contributed by atoms with Gasteiger partial charge in [-0.15, -0.1) is 0 Å². The first-order valence-electron chi connectivity index (χ1n) is 10.6. The number of nitrogens with zero attached hydrogens (tertiary/aromatic N) is 2. The van der Waals surface area contributed by atoms with E-state index >= 15 is 0 Å². The van der Waals surface area contributed by atoms with Gasteiger partial charge in [0.15, 0.2) is 0 Å². The summed E-state index contributed by atoms with van der Waals surface area (Å²) in [4.78, 5) is 41.0. The molecular formula is C22H27ClFN3O5. The number of aliphatic hydroxyl groups is 1. The third kappa shape index (κ3) is 4.28. The van der Waals surface area contributed by atoms with Crippen molar-refractivity contribution < 1.29 is 28.6 Å². The lowest BCUT2D eigenvalue weighted by Gasteiger charge is -2.28. The molecule has 2 heterocycles. The Kier molecular flexibility index (Phi) is 5.61. The molecule has 0 spiro atoms. The highest BCUT2D eigenvalue weighted by Gasteiger charge is 2.64. The minimum atomic E-state index is -2.15. The summed E-state index contributed by atoms with van der Waals surface area (Å²) in [5, 5.41) is 13.5. The van der Waals surface area contributed by atoms with Gasteiger partial charge in [0.1, 0.15) is 11.4 Å². The number of ether oxygens (including phenoxy) is 1. The van der Waals surface area contributed by atoms with E-state index in [0.717, 1.165) is 6.07 Å². The van der Waals surface area contributed by atoms with Crippen LogP contribution in [0.2, 0.25) is 5.02 Å². The number of hydrogen-bond donors (Lipinski definition) is 2. The van der Waals surface area contributed by atoms with E-state index in [1.807, 2.05) is 20.8 Å². The van der Waals surface area contributed by atoms with Gasteiger partial charge in [0.25, 0.3) is 11.8 Å². The highest BCUT2D eigenvalue weighted by atomic mass is 35.5. The first-order chi connectivity index (χ1) is 14.9. The Morgan fingerprint density at radius 1 is 1.28 bits per heavy atom. The van der Waals surface area contributed by atoms with Crippen molar-refractivity contribution in [1.82, 2.24) is 15.1 Å². The van der Waals surface area contributed by atoms with E-state index in [1.54, 1.807) is 9.80 Å². The number of benzene rings is 1. The maximum atomic E-state index is 13.5. The summed E-state index contributed by atoms with van der Waals surface area (Å²) in [6.07, 6.45) is -0.391. The molecule has 3 amide bonds. The Bertz CT molecular complexity index is 935. The van der Waals surface area contributed by atoms with Crippen molar-refractivity contribution in [1.29, 1.82) is 0 Å². The number of fused-ring (bicyclic) bond motifs is 1. The lowest BCUT2D eigenvalue weighted by atomic mass is 10.0. The van der Waals surface area contributed by atoms with Crippen molar-refractivity contribution in [3.63, 3.8) is 0 Å². The molecule has 2 aliphatic heterocycles. The van der Waals surface area contributed by atoms with Gasteiger partial charge in [0.05, 0.1) is 0 Å². The van der Waals surface area contributed by atoms with Crippen LogP contribution >= 0.6 is 11.6 Å². The monoisotopic (exact) mass is 467 g/mol. The number of halogens is 2. The number of amides is 3. The van der Waals surface area contributed by atoms with Gasteiger partial charge in [-0.2, -0.15) is 0 Å². The smallest absolute Gasteiger partial charge is 0.410 e. The van der Waals surface area contributed by atoms with Crippen molar-refractivity contribution in [2.75, 3.05) is 19.6 Å². The molecule has 8 nitrogen and oxygen atoms in total. The molecule has 3 fully saturated rings. The summed E-state index contributed by atoms with van der Waals surface area (Å²) in [7, 11) is 0. The molecule has 10 heteroatoms. The molecule has 1 aromatic rings. The van der Waals surface area contributed by atoms with Gasteiger partial charge in [-0.05, 0) is 44.5 Å². The van der Waals surface area contributed by atoms with Gasteiger partial charge in [-0.1, -0.05) is 11.6 Å². The first-order valence-corrected chi connectivity index (χ1v) is 11.0. The molecule has 4 rings (SSSR count). The molecule has 4 atom stereocenters. The molecule has 2 unspecified atom stereocenters. The van der Waals surface area contributed by atoms with Crippen molar-refractivity contribution >= 4 is 29.5 Å². The van der Waals surface area contributed by atoms with Crippen molar-refractivity contribution in [3.05, 3.63) is 34.6 Å². The van der Waals surface area contributed by atoms with Crippen molar-refractivity contribution in [3.8, 4) is 0 Å². The fourth-order valence-electron chi connectivity index (χ4n) is 4.70. The van der Waals surface area contributed by atoms with E-state index < -0.39 is 28.8 Å². The van der Waals surface area contributed by atoms with Crippen LogP contribution in [0.1, 0.15) is 32.8 Å². The normalized spacial score (nSPS) is 29.2. The molecule has 1 aromatic carbocycles. The average molecular weight is 468 g/mol. The zero-order chi connectivity index (χ0) is 23.4. The fraction of sp³-hybridized carbons (Fsp3) is 0.591. The average Bonchev–Trinajstić information content (AvgIpc) is 3.01. The van der Waals surface area contributed by atoms with Gasteiger partial charge in [0, 0.05) is 55.5 Å². The van der Waals surface area contributed by atoms with Crippen molar-refractivity contribution in [2.24, 2.45) is 11.8 Å². The number of hydrogen-bond acceptors (Lipinski definition) is 5. The second-order valence-corrected chi connectivity index (χ2v) is 10.2. The van der Waals surface area contributed by atoms with E-state index in [1.165, 1.54) is 12.1 Å². The minimum absolute atomic E-state index is 0.0205. The summed E-state index contributed by atoms with van der Waals surface area (Å²) in [5.74, 6) is -1.75. The van der Waals surface area contributed by atoms with Crippen LogP contribution in [-0.4, -0.2) is 69.7 Å². The molecule has 1 saturated carbocycles. The molecule has 2 saturated heterocycles. The van der Waals surface area contributed by atoms with Crippen LogP contribution in [0, 0.1) is 17.7 Å². The molecule has 2 N–H and O–H groups in total. The second kappa shape index (κ2) is 7.88. The van der Waals surface area contributed by atoms with Crippen LogP contribution in [-0.2, 0) is 20.9 Å². The molecule has 3 aliphatic rings. The lowest BCUT2D eigenvalue weighted by Crippen LogP contribution is -2.53. The van der Waals surface area contributed by atoms with E-state index in [4.69, 9.17) is 16.3 Å². The zero-order valence-electron chi connectivity index (χ0n) is 18.2. The Hall–Kier alpha value is -2.39. The molecule has 1 aliphatic carbocycles. The Labute approximate surface area is 190 Å². The Balaban J connectivity index is 1.32. The Morgan fingerprint density at radius 3 is 2.53 bits per heavy atom. The van der Waals surface area contributed by atoms with E-state index in [9.17, 15) is 23.9 Å². The summed E-state index contributed by atoms with van der Waals surface area (Å²) in [6.45, 7) is 6.59.